The van der Waals surface area contributed by atoms with E-state index in [1.165, 1.54) is 5.56 Å². The minimum absolute atomic E-state index is 0.0891. The average molecular weight is 235 g/mol. The van der Waals surface area contributed by atoms with Crippen LogP contribution in [0.25, 0.3) is 0 Å². The zero-order chi connectivity index (χ0) is 12.7. The molecule has 1 unspecified atom stereocenters. The molecule has 1 aromatic rings. The lowest BCUT2D eigenvalue weighted by atomic mass is 9.95. The monoisotopic (exact) mass is 235 g/mol. The molecule has 1 heterocycles. The van der Waals surface area contributed by atoms with Gasteiger partial charge in [-0.15, -0.1) is 0 Å². The summed E-state index contributed by atoms with van der Waals surface area (Å²) in [7, 11) is 0. The molecule has 0 spiro atoms. The van der Waals surface area contributed by atoms with Crippen molar-refractivity contribution in [3.8, 4) is 0 Å². The van der Waals surface area contributed by atoms with E-state index in [4.69, 9.17) is 5.73 Å². The van der Waals surface area contributed by atoms with Crippen LogP contribution in [0.4, 0.5) is 0 Å². The summed E-state index contributed by atoms with van der Waals surface area (Å²) in [4.78, 5) is 6.65. The van der Waals surface area contributed by atoms with Crippen LogP contribution in [0.5, 0.6) is 0 Å². The van der Waals surface area contributed by atoms with Crippen molar-refractivity contribution in [2.75, 3.05) is 13.1 Å². The largest absolute Gasteiger partial charge is 0.329 e. The van der Waals surface area contributed by atoms with Crippen LogP contribution in [0.3, 0.4) is 0 Å². The molecule has 0 aromatic carbocycles. The molecular weight excluding hydrogens is 210 g/mol. The minimum atomic E-state index is 0.0891. The third kappa shape index (κ3) is 3.79. The van der Waals surface area contributed by atoms with Gasteiger partial charge >= 0.3 is 0 Å². The fraction of sp³-hybridized carbons (Fsp3) is 0.643. The molecule has 0 bridgehead atoms. The highest BCUT2D eigenvalue weighted by Crippen LogP contribution is 2.21. The first-order valence-electron chi connectivity index (χ1n) is 6.50. The lowest BCUT2D eigenvalue weighted by Crippen LogP contribution is -2.51. The lowest BCUT2D eigenvalue weighted by Gasteiger charge is -2.40. The standard InChI is InChI=1S/C14H25N3/c1-4-9-17(14(3,5-2)12-15)11-13-7-6-8-16-10-13/h6-8,10H,4-5,9,11-12,15H2,1-3H3. The molecule has 0 amide bonds. The molecule has 0 fully saturated rings. The first-order chi connectivity index (χ1) is 8.16. The number of nitrogens with two attached hydrogens (primary N) is 1. The van der Waals surface area contributed by atoms with E-state index in [1.807, 2.05) is 18.5 Å². The van der Waals surface area contributed by atoms with Crippen LogP contribution in [-0.4, -0.2) is 28.5 Å². The van der Waals surface area contributed by atoms with Gasteiger partial charge in [0.15, 0.2) is 0 Å². The number of nitrogens with zero attached hydrogens (tertiary/aromatic N) is 2. The molecule has 0 aliphatic rings. The summed E-state index contributed by atoms with van der Waals surface area (Å²) in [5.41, 5.74) is 7.29. The Kier molecular flexibility index (Phi) is 5.59. The zero-order valence-electron chi connectivity index (χ0n) is 11.3. The van der Waals surface area contributed by atoms with Crippen molar-refractivity contribution in [2.45, 2.75) is 45.7 Å². The molecule has 96 valence electrons. The predicted molar refractivity (Wildman–Crippen MR) is 72.7 cm³/mol. The Morgan fingerprint density at radius 2 is 2.18 bits per heavy atom. The molecule has 17 heavy (non-hydrogen) atoms. The van der Waals surface area contributed by atoms with E-state index < -0.39 is 0 Å². The Bertz CT molecular complexity index is 307. The van der Waals surface area contributed by atoms with Gasteiger partial charge in [0.25, 0.3) is 0 Å². The number of rotatable bonds is 7. The average Bonchev–Trinajstić information content (AvgIpc) is 2.38. The summed E-state index contributed by atoms with van der Waals surface area (Å²) in [6.07, 6.45) is 5.98. The van der Waals surface area contributed by atoms with E-state index in [2.05, 4.69) is 36.7 Å². The summed E-state index contributed by atoms with van der Waals surface area (Å²) in [6.45, 7) is 9.38. The van der Waals surface area contributed by atoms with Crippen molar-refractivity contribution >= 4 is 0 Å². The number of hydrogen-bond acceptors (Lipinski definition) is 3. The van der Waals surface area contributed by atoms with Gasteiger partial charge in [0.1, 0.15) is 0 Å². The third-order valence-electron chi connectivity index (χ3n) is 3.55. The second kappa shape index (κ2) is 6.72. The molecule has 1 aromatic heterocycles. The third-order valence-corrected chi connectivity index (χ3v) is 3.55. The van der Waals surface area contributed by atoms with Gasteiger partial charge in [0.2, 0.25) is 0 Å². The highest BCUT2D eigenvalue weighted by Gasteiger charge is 2.27. The smallest absolute Gasteiger partial charge is 0.0312 e. The van der Waals surface area contributed by atoms with Gasteiger partial charge in [-0.3, -0.25) is 9.88 Å². The summed E-state index contributed by atoms with van der Waals surface area (Å²) in [5, 5.41) is 0. The van der Waals surface area contributed by atoms with Crippen LogP contribution in [0, 0.1) is 0 Å². The maximum Gasteiger partial charge on any atom is 0.0312 e. The summed E-state index contributed by atoms with van der Waals surface area (Å²) >= 11 is 0. The van der Waals surface area contributed by atoms with Crippen LogP contribution < -0.4 is 5.73 Å². The van der Waals surface area contributed by atoms with E-state index in [0.29, 0.717) is 6.54 Å². The number of aromatic nitrogens is 1. The maximum atomic E-state index is 5.95. The van der Waals surface area contributed by atoms with Crippen LogP contribution >= 0.6 is 0 Å². The predicted octanol–water partition coefficient (Wildman–Crippen LogP) is 2.42. The Hall–Kier alpha value is -0.930. The molecule has 2 N–H and O–H groups in total. The highest BCUT2D eigenvalue weighted by molar-refractivity contribution is 5.09. The molecule has 1 rings (SSSR count). The van der Waals surface area contributed by atoms with Gasteiger partial charge in [0.05, 0.1) is 0 Å². The van der Waals surface area contributed by atoms with E-state index in [9.17, 15) is 0 Å². The number of hydrogen-bond donors (Lipinski definition) is 1. The van der Waals surface area contributed by atoms with E-state index >= 15 is 0 Å². The Morgan fingerprint density at radius 3 is 2.65 bits per heavy atom. The van der Waals surface area contributed by atoms with E-state index in [0.717, 1.165) is 25.9 Å². The van der Waals surface area contributed by atoms with Gasteiger partial charge in [-0.1, -0.05) is 19.9 Å². The van der Waals surface area contributed by atoms with Crippen molar-refractivity contribution in [2.24, 2.45) is 5.73 Å². The van der Waals surface area contributed by atoms with Gasteiger partial charge in [-0.05, 0) is 37.9 Å². The highest BCUT2D eigenvalue weighted by atomic mass is 15.2. The van der Waals surface area contributed by atoms with Gasteiger partial charge in [0, 0.05) is 31.0 Å². The normalized spacial score (nSPS) is 14.9. The van der Waals surface area contributed by atoms with Crippen LogP contribution in [0.1, 0.15) is 39.2 Å². The van der Waals surface area contributed by atoms with Gasteiger partial charge < -0.3 is 5.73 Å². The molecule has 0 aliphatic heterocycles. The topological polar surface area (TPSA) is 42.2 Å². The van der Waals surface area contributed by atoms with E-state index in [1.54, 1.807) is 0 Å². The first kappa shape index (κ1) is 14.1. The molecule has 3 heteroatoms. The summed E-state index contributed by atoms with van der Waals surface area (Å²) in [6, 6.07) is 4.12. The quantitative estimate of drug-likeness (QED) is 0.789. The second-order valence-corrected chi connectivity index (χ2v) is 4.84. The van der Waals surface area contributed by atoms with Crippen molar-refractivity contribution in [1.82, 2.24) is 9.88 Å². The Morgan fingerprint density at radius 1 is 1.41 bits per heavy atom. The molecule has 3 nitrogen and oxygen atoms in total. The maximum absolute atomic E-state index is 5.95. The van der Waals surface area contributed by atoms with Crippen LogP contribution in [0.15, 0.2) is 24.5 Å². The molecule has 0 saturated carbocycles. The van der Waals surface area contributed by atoms with Crippen LogP contribution in [0.2, 0.25) is 0 Å². The fourth-order valence-electron chi connectivity index (χ4n) is 2.02. The molecule has 0 saturated heterocycles. The minimum Gasteiger partial charge on any atom is -0.329 e. The fourth-order valence-corrected chi connectivity index (χ4v) is 2.02. The van der Waals surface area contributed by atoms with Crippen molar-refractivity contribution in [3.05, 3.63) is 30.1 Å². The molecule has 0 aliphatic carbocycles. The lowest BCUT2D eigenvalue weighted by molar-refractivity contribution is 0.0971. The second-order valence-electron chi connectivity index (χ2n) is 4.84. The molecule has 0 radical (unpaired) electrons. The zero-order valence-corrected chi connectivity index (χ0v) is 11.3. The first-order valence-corrected chi connectivity index (χ1v) is 6.50. The number of pyridine rings is 1. The van der Waals surface area contributed by atoms with Crippen molar-refractivity contribution < 1.29 is 0 Å². The van der Waals surface area contributed by atoms with E-state index in [-0.39, 0.29) is 5.54 Å². The van der Waals surface area contributed by atoms with Gasteiger partial charge in [-0.25, -0.2) is 0 Å². The SMILES string of the molecule is CCCN(Cc1cccnc1)C(C)(CC)CN. The van der Waals surface area contributed by atoms with Crippen LogP contribution in [-0.2, 0) is 6.54 Å². The summed E-state index contributed by atoms with van der Waals surface area (Å²) < 4.78 is 0. The molecular formula is C14H25N3. The van der Waals surface area contributed by atoms with Crippen molar-refractivity contribution in [3.63, 3.8) is 0 Å². The summed E-state index contributed by atoms with van der Waals surface area (Å²) in [5.74, 6) is 0. The van der Waals surface area contributed by atoms with Crippen molar-refractivity contribution in [1.29, 1.82) is 0 Å². The Balaban J connectivity index is 2.79. The van der Waals surface area contributed by atoms with Gasteiger partial charge in [-0.2, -0.15) is 0 Å². The molecule has 1 atom stereocenters. The Labute approximate surface area is 105 Å².